The second kappa shape index (κ2) is 7.32. The van der Waals surface area contributed by atoms with E-state index in [0.717, 1.165) is 14.2 Å². The van der Waals surface area contributed by atoms with Gasteiger partial charge in [-0.3, -0.25) is 4.79 Å². The minimum atomic E-state index is -0.182. The lowest BCUT2D eigenvalue weighted by atomic mass is 9.87. The highest BCUT2D eigenvalue weighted by Gasteiger charge is 2.16. The van der Waals surface area contributed by atoms with Gasteiger partial charge in [0.05, 0.1) is 16.6 Å². The summed E-state index contributed by atoms with van der Waals surface area (Å²) < 4.78 is 6.38. The quantitative estimate of drug-likeness (QED) is 0.699. The fraction of sp³-hybridized carbons (Fsp3) is 0.278. The van der Waals surface area contributed by atoms with Crippen molar-refractivity contribution in [3.05, 3.63) is 50.6 Å². The minimum absolute atomic E-state index is 0.00480. The first-order valence-electron chi connectivity index (χ1n) is 7.22. The van der Waals surface area contributed by atoms with Gasteiger partial charge in [0.2, 0.25) is 5.91 Å². The molecule has 0 unspecified atom stereocenters. The Morgan fingerprint density at radius 1 is 1.26 bits per heavy atom. The summed E-state index contributed by atoms with van der Waals surface area (Å²) >= 11 is 4.98. The second-order valence-electron chi connectivity index (χ2n) is 6.13. The van der Waals surface area contributed by atoms with Crippen molar-refractivity contribution in [1.29, 1.82) is 0 Å². The van der Waals surface area contributed by atoms with Gasteiger partial charge in [-0.05, 0) is 57.2 Å². The molecule has 5 heteroatoms. The zero-order valence-corrected chi connectivity index (χ0v) is 16.0. The summed E-state index contributed by atoms with van der Waals surface area (Å²) in [5.41, 5.74) is 1.83. The van der Waals surface area contributed by atoms with Crippen molar-refractivity contribution in [3.8, 4) is 5.75 Å². The van der Waals surface area contributed by atoms with Crippen LogP contribution < -0.4 is 10.1 Å². The molecule has 3 nitrogen and oxygen atoms in total. The molecule has 2 aromatic rings. The van der Waals surface area contributed by atoms with Crippen molar-refractivity contribution in [2.75, 3.05) is 12.4 Å². The molecule has 0 aliphatic heterocycles. The van der Waals surface area contributed by atoms with E-state index in [9.17, 15) is 4.79 Å². The lowest BCUT2D eigenvalue weighted by Gasteiger charge is -2.21. The maximum absolute atomic E-state index is 12.2. The van der Waals surface area contributed by atoms with E-state index in [1.54, 1.807) is 24.5 Å². The molecule has 0 radical (unpaired) electrons. The highest BCUT2D eigenvalue weighted by Crippen LogP contribution is 2.31. The number of carbonyl (C=O) groups is 1. The number of hydrogen-bond donors (Lipinski definition) is 1. The summed E-state index contributed by atoms with van der Waals surface area (Å²) in [6.07, 6.45) is 3.33. The van der Waals surface area contributed by atoms with Crippen molar-refractivity contribution in [2.24, 2.45) is 0 Å². The largest absolute Gasteiger partial charge is 0.495 e. The number of amides is 1. The molecule has 1 aromatic heterocycles. The van der Waals surface area contributed by atoms with E-state index >= 15 is 0 Å². The molecule has 1 N–H and O–H groups in total. The van der Waals surface area contributed by atoms with Crippen molar-refractivity contribution in [1.82, 2.24) is 0 Å². The van der Waals surface area contributed by atoms with Crippen LogP contribution in [0.15, 0.2) is 40.2 Å². The number of rotatable bonds is 4. The van der Waals surface area contributed by atoms with E-state index in [0.29, 0.717) is 11.4 Å². The van der Waals surface area contributed by atoms with E-state index in [4.69, 9.17) is 4.74 Å². The van der Waals surface area contributed by atoms with Crippen molar-refractivity contribution >= 4 is 44.9 Å². The Morgan fingerprint density at radius 2 is 2.00 bits per heavy atom. The standard InChI is InChI=1S/C18H20BrNO2S/c1-18(2,3)12-5-8-15(22-4)14(11-12)20-17(21)10-7-13-6-9-16(19)23-13/h5-11H,1-4H3,(H,20,21)/b10-7+. The first-order valence-corrected chi connectivity index (χ1v) is 8.83. The van der Waals surface area contributed by atoms with Crippen LogP contribution in [-0.4, -0.2) is 13.0 Å². The first kappa shape index (κ1) is 17.8. The predicted molar refractivity (Wildman–Crippen MR) is 101 cm³/mol. The highest BCUT2D eigenvalue weighted by molar-refractivity contribution is 9.11. The van der Waals surface area contributed by atoms with E-state index in [1.165, 1.54) is 6.08 Å². The normalized spacial score (nSPS) is 11.7. The third-order valence-electron chi connectivity index (χ3n) is 3.32. The van der Waals surface area contributed by atoms with Crippen LogP contribution in [0.2, 0.25) is 0 Å². The molecular formula is C18H20BrNO2S. The van der Waals surface area contributed by atoms with Gasteiger partial charge in [-0.2, -0.15) is 0 Å². The Hall–Kier alpha value is -1.59. The number of benzene rings is 1. The summed E-state index contributed by atoms with van der Waals surface area (Å²) in [5, 5.41) is 2.89. The molecule has 0 spiro atoms. The van der Waals surface area contributed by atoms with Crippen LogP contribution in [0.3, 0.4) is 0 Å². The van der Waals surface area contributed by atoms with Crippen molar-refractivity contribution in [2.45, 2.75) is 26.2 Å². The maximum atomic E-state index is 12.2. The zero-order valence-electron chi connectivity index (χ0n) is 13.6. The highest BCUT2D eigenvalue weighted by atomic mass is 79.9. The summed E-state index contributed by atoms with van der Waals surface area (Å²) in [6.45, 7) is 6.40. The summed E-state index contributed by atoms with van der Waals surface area (Å²) in [6, 6.07) is 9.79. The SMILES string of the molecule is COc1ccc(C(C)(C)C)cc1NC(=O)/C=C/c1ccc(Br)s1. The number of anilines is 1. The van der Waals surface area contributed by atoms with Gasteiger partial charge in [0.25, 0.3) is 0 Å². The summed E-state index contributed by atoms with van der Waals surface area (Å²) in [4.78, 5) is 13.2. The monoisotopic (exact) mass is 393 g/mol. The van der Waals surface area contributed by atoms with E-state index in [2.05, 4.69) is 42.0 Å². The number of ether oxygens (including phenoxy) is 1. The average molecular weight is 394 g/mol. The molecule has 0 atom stereocenters. The lowest BCUT2D eigenvalue weighted by Crippen LogP contribution is -2.14. The topological polar surface area (TPSA) is 38.3 Å². The molecule has 0 aliphatic rings. The molecule has 0 aliphatic carbocycles. The first-order chi connectivity index (χ1) is 10.8. The van der Waals surface area contributed by atoms with Gasteiger partial charge in [0.15, 0.2) is 0 Å². The summed E-state index contributed by atoms with van der Waals surface area (Å²) in [7, 11) is 1.60. The lowest BCUT2D eigenvalue weighted by molar-refractivity contribution is -0.111. The Morgan fingerprint density at radius 3 is 2.57 bits per heavy atom. The molecule has 0 bridgehead atoms. The van der Waals surface area contributed by atoms with Gasteiger partial charge in [-0.25, -0.2) is 0 Å². The van der Waals surface area contributed by atoms with Crippen molar-refractivity contribution < 1.29 is 9.53 Å². The zero-order chi connectivity index (χ0) is 17.0. The number of hydrogen-bond acceptors (Lipinski definition) is 3. The average Bonchev–Trinajstić information content (AvgIpc) is 2.90. The van der Waals surface area contributed by atoms with Crippen LogP contribution in [0.5, 0.6) is 5.75 Å². The van der Waals surface area contributed by atoms with Crippen LogP contribution in [0.1, 0.15) is 31.2 Å². The molecule has 0 fully saturated rings. The maximum Gasteiger partial charge on any atom is 0.248 e. The number of halogens is 1. The Bertz CT molecular complexity index is 729. The van der Waals surface area contributed by atoms with Gasteiger partial charge in [0.1, 0.15) is 5.75 Å². The number of carbonyl (C=O) groups excluding carboxylic acids is 1. The number of nitrogens with one attached hydrogen (secondary N) is 1. The third kappa shape index (κ3) is 4.94. The molecule has 0 saturated heterocycles. The van der Waals surface area contributed by atoms with Gasteiger partial charge in [-0.1, -0.05) is 26.8 Å². The third-order valence-corrected chi connectivity index (χ3v) is 4.91. The Balaban J connectivity index is 2.17. The molecular weight excluding hydrogens is 374 g/mol. The molecule has 23 heavy (non-hydrogen) atoms. The van der Waals surface area contributed by atoms with Gasteiger partial charge in [-0.15, -0.1) is 11.3 Å². The van der Waals surface area contributed by atoms with Gasteiger partial charge >= 0.3 is 0 Å². The van der Waals surface area contributed by atoms with Crippen LogP contribution in [-0.2, 0) is 10.2 Å². The van der Waals surface area contributed by atoms with E-state index < -0.39 is 0 Å². The fourth-order valence-corrected chi connectivity index (χ4v) is 3.35. The Kier molecular flexibility index (Phi) is 5.65. The number of methoxy groups -OCH3 is 1. The Labute approximate surface area is 149 Å². The van der Waals surface area contributed by atoms with E-state index in [1.807, 2.05) is 30.3 Å². The molecule has 1 heterocycles. The van der Waals surface area contributed by atoms with Gasteiger partial charge in [0, 0.05) is 11.0 Å². The van der Waals surface area contributed by atoms with Crippen molar-refractivity contribution in [3.63, 3.8) is 0 Å². The molecule has 1 aromatic carbocycles. The molecule has 0 saturated carbocycles. The van der Waals surface area contributed by atoms with Crippen LogP contribution in [0.4, 0.5) is 5.69 Å². The van der Waals surface area contributed by atoms with Crippen LogP contribution in [0, 0.1) is 0 Å². The second-order valence-corrected chi connectivity index (χ2v) is 8.62. The molecule has 2 rings (SSSR count). The van der Waals surface area contributed by atoms with E-state index in [-0.39, 0.29) is 11.3 Å². The van der Waals surface area contributed by atoms with Gasteiger partial charge < -0.3 is 10.1 Å². The summed E-state index contributed by atoms with van der Waals surface area (Å²) in [5.74, 6) is 0.470. The van der Waals surface area contributed by atoms with Crippen LogP contribution in [0.25, 0.3) is 6.08 Å². The smallest absolute Gasteiger partial charge is 0.248 e. The van der Waals surface area contributed by atoms with Crippen LogP contribution >= 0.6 is 27.3 Å². The fourth-order valence-electron chi connectivity index (χ4n) is 2.02. The molecule has 1 amide bonds. The number of thiophene rings is 1. The predicted octanol–water partition coefficient (Wildman–Crippen LogP) is 5.47. The minimum Gasteiger partial charge on any atom is -0.495 e. The molecule has 122 valence electrons.